The van der Waals surface area contributed by atoms with Crippen LogP contribution in [0.5, 0.6) is 5.75 Å². The molecular formula is C12H9Cl3N2O. The maximum Gasteiger partial charge on any atom is 0.139 e. The molecule has 2 N–H and O–H groups in total. The predicted molar refractivity (Wildman–Crippen MR) is 74.7 cm³/mol. The monoisotopic (exact) mass is 302 g/mol. The zero-order valence-electron chi connectivity index (χ0n) is 9.12. The summed E-state index contributed by atoms with van der Waals surface area (Å²) in [6, 6.07) is 6.60. The lowest BCUT2D eigenvalue weighted by molar-refractivity contribution is 0.469. The molecule has 0 unspecified atom stereocenters. The molecule has 6 heteroatoms. The lowest BCUT2D eigenvalue weighted by Gasteiger charge is -2.09. The smallest absolute Gasteiger partial charge is 0.139 e. The van der Waals surface area contributed by atoms with Gasteiger partial charge in [0.15, 0.2) is 0 Å². The van der Waals surface area contributed by atoms with Crippen molar-refractivity contribution in [1.29, 1.82) is 0 Å². The van der Waals surface area contributed by atoms with Crippen molar-refractivity contribution in [3.8, 4) is 5.75 Å². The van der Waals surface area contributed by atoms with Crippen molar-refractivity contribution in [3.63, 3.8) is 0 Å². The average molecular weight is 304 g/mol. The molecule has 0 bridgehead atoms. The summed E-state index contributed by atoms with van der Waals surface area (Å²) >= 11 is 17.5. The predicted octanol–water partition coefficient (Wildman–Crippen LogP) is 4.36. The van der Waals surface area contributed by atoms with Crippen LogP contribution in [0.3, 0.4) is 0 Å². The summed E-state index contributed by atoms with van der Waals surface area (Å²) in [5.74, 6) is 0.0220. The first-order valence-corrected chi connectivity index (χ1v) is 6.22. The van der Waals surface area contributed by atoms with Gasteiger partial charge in [-0.15, -0.1) is 0 Å². The van der Waals surface area contributed by atoms with Crippen LogP contribution in [0, 0.1) is 0 Å². The number of hydrogen-bond donors (Lipinski definition) is 2. The summed E-state index contributed by atoms with van der Waals surface area (Å²) in [5.41, 5.74) is 1.41. The number of hydrogen-bond acceptors (Lipinski definition) is 3. The highest BCUT2D eigenvalue weighted by molar-refractivity contribution is 6.35. The topological polar surface area (TPSA) is 45.1 Å². The Morgan fingerprint density at radius 3 is 2.67 bits per heavy atom. The minimum atomic E-state index is 0.0220. The van der Waals surface area contributed by atoms with E-state index in [2.05, 4.69) is 10.3 Å². The number of aromatic hydroxyl groups is 1. The van der Waals surface area contributed by atoms with Gasteiger partial charge in [0, 0.05) is 29.0 Å². The highest BCUT2D eigenvalue weighted by Gasteiger charge is 2.07. The molecule has 2 aromatic rings. The van der Waals surface area contributed by atoms with E-state index in [9.17, 15) is 5.11 Å². The summed E-state index contributed by atoms with van der Waals surface area (Å²) in [5, 5.41) is 14.0. The van der Waals surface area contributed by atoms with Crippen LogP contribution in [0.15, 0.2) is 30.5 Å². The van der Waals surface area contributed by atoms with E-state index < -0.39 is 0 Å². The standard InChI is InChI=1S/C12H9Cl3N2O/c13-8-3-7(12(18)10(14)4-8)6-17-9-1-2-16-11(15)5-9/h1-5,18H,6H2,(H,16,17). The Labute approximate surface area is 119 Å². The first-order valence-electron chi connectivity index (χ1n) is 5.08. The molecule has 0 aliphatic heterocycles. The lowest BCUT2D eigenvalue weighted by atomic mass is 10.2. The van der Waals surface area contributed by atoms with E-state index in [4.69, 9.17) is 34.8 Å². The van der Waals surface area contributed by atoms with Gasteiger partial charge in [-0.1, -0.05) is 34.8 Å². The molecule has 0 fully saturated rings. The number of rotatable bonds is 3. The van der Waals surface area contributed by atoms with Crippen molar-refractivity contribution in [1.82, 2.24) is 4.98 Å². The van der Waals surface area contributed by atoms with Crippen LogP contribution in [-0.2, 0) is 6.54 Å². The third-order valence-electron chi connectivity index (χ3n) is 2.32. The summed E-state index contributed by atoms with van der Waals surface area (Å²) < 4.78 is 0. The molecule has 0 atom stereocenters. The highest BCUT2D eigenvalue weighted by Crippen LogP contribution is 2.31. The van der Waals surface area contributed by atoms with Crippen LogP contribution >= 0.6 is 34.8 Å². The number of nitrogens with one attached hydrogen (secondary N) is 1. The fraction of sp³-hybridized carbons (Fsp3) is 0.0833. The van der Waals surface area contributed by atoms with Gasteiger partial charge in [0.05, 0.1) is 5.02 Å². The van der Waals surface area contributed by atoms with Crippen LogP contribution < -0.4 is 5.32 Å². The number of pyridine rings is 1. The Morgan fingerprint density at radius 1 is 1.17 bits per heavy atom. The first kappa shape index (κ1) is 13.3. The number of anilines is 1. The van der Waals surface area contributed by atoms with E-state index in [1.54, 1.807) is 24.4 Å². The normalized spacial score (nSPS) is 10.4. The van der Waals surface area contributed by atoms with Crippen LogP contribution in [0.1, 0.15) is 5.56 Å². The summed E-state index contributed by atoms with van der Waals surface area (Å²) in [6.45, 7) is 0.381. The van der Waals surface area contributed by atoms with Crippen LogP contribution in [0.4, 0.5) is 5.69 Å². The number of phenolic OH excluding ortho intramolecular Hbond substituents is 1. The number of phenols is 1. The second kappa shape index (κ2) is 5.65. The number of benzene rings is 1. The summed E-state index contributed by atoms with van der Waals surface area (Å²) in [6.07, 6.45) is 1.59. The van der Waals surface area contributed by atoms with E-state index in [1.165, 1.54) is 6.07 Å². The van der Waals surface area contributed by atoms with Gasteiger partial charge in [0.25, 0.3) is 0 Å². The van der Waals surface area contributed by atoms with Crippen molar-refractivity contribution >= 4 is 40.5 Å². The van der Waals surface area contributed by atoms with E-state index >= 15 is 0 Å². The van der Waals surface area contributed by atoms with Gasteiger partial charge in [0.2, 0.25) is 0 Å². The second-order valence-electron chi connectivity index (χ2n) is 3.62. The molecule has 2 rings (SSSR count). The molecule has 1 aromatic carbocycles. The zero-order valence-corrected chi connectivity index (χ0v) is 11.4. The molecule has 18 heavy (non-hydrogen) atoms. The van der Waals surface area contributed by atoms with Crippen molar-refractivity contribution < 1.29 is 5.11 Å². The number of halogens is 3. The number of aromatic nitrogens is 1. The third kappa shape index (κ3) is 3.19. The molecule has 3 nitrogen and oxygen atoms in total. The molecule has 1 aromatic heterocycles. The zero-order chi connectivity index (χ0) is 13.1. The molecule has 0 spiro atoms. The van der Waals surface area contributed by atoms with Gasteiger partial charge >= 0.3 is 0 Å². The SMILES string of the molecule is Oc1c(Cl)cc(Cl)cc1CNc1ccnc(Cl)c1. The van der Waals surface area contributed by atoms with Crippen LogP contribution in [-0.4, -0.2) is 10.1 Å². The third-order valence-corrected chi connectivity index (χ3v) is 3.03. The quantitative estimate of drug-likeness (QED) is 0.828. The molecule has 0 radical (unpaired) electrons. The van der Waals surface area contributed by atoms with Crippen molar-refractivity contribution in [3.05, 3.63) is 51.2 Å². The van der Waals surface area contributed by atoms with Crippen LogP contribution in [0.25, 0.3) is 0 Å². The van der Waals surface area contributed by atoms with Crippen molar-refractivity contribution in [2.24, 2.45) is 0 Å². The van der Waals surface area contributed by atoms with Crippen molar-refractivity contribution in [2.45, 2.75) is 6.54 Å². The summed E-state index contributed by atoms with van der Waals surface area (Å²) in [4.78, 5) is 3.87. The molecule has 0 amide bonds. The van der Waals surface area contributed by atoms with Gasteiger partial charge in [-0.05, 0) is 24.3 Å². The summed E-state index contributed by atoms with van der Waals surface area (Å²) in [7, 11) is 0. The largest absolute Gasteiger partial charge is 0.506 e. The molecule has 0 saturated carbocycles. The Balaban J connectivity index is 2.15. The minimum absolute atomic E-state index is 0.0220. The fourth-order valence-corrected chi connectivity index (χ4v) is 2.17. The maximum absolute atomic E-state index is 9.79. The Hall–Kier alpha value is -1.16. The molecular weight excluding hydrogens is 295 g/mol. The molecule has 0 aliphatic carbocycles. The fourth-order valence-electron chi connectivity index (χ4n) is 1.46. The van der Waals surface area contributed by atoms with E-state index in [-0.39, 0.29) is 10.8 Å². The molecule has 94 valence electrons. The van der Waals surface area contributed by atoms with E-state index in [0.29, 0.717) is 22.3 Å². The Kier molecular flexibility index (Phi) is 4.17. The van der Waals surface area contributed by atoms with Gasteiger partial charge < -0.3 is 10.4 Å². The average Bonchev–Trinajstić information content (AvgIpc) is 2.32. The molecule has 0 aliphatic rings. The lowest BCUT2D eigenvalue weighted by Crippen LogP contribution is -2.00. The molecule has 0 saturated heterocycles. The molecule has 1 heterocycles. The van der Waals surface area contributed by atoms with Crippen molar-refractivity contribution in [2.75, 3.05) is 5.32 Å². The van der Waals surface area contributed by atoms with Gasteiger partial charge in [0.1, 0.15) is 10.9 Å². The van der Waals surface area contributed by atoms with Crippen LogP contribution in [0.2, 0.25) is 15.2 Å². The Morgan fingerprint density at radius 2 is 1.94 bits per heavy atom. The minimum Gasteiger partial charge on any atom is -0.506 e. The second-order valence-corrected chi connectivity index (χ2v) is 4.85. The van der Waals surface area contributed by atoms with E-state index in [1.807, 2.05) is 0 Å². The van der Waals surface area contributed by atoms with Gasteiger partial charge in [-0.2, -0.15) is 0 Å². The van der Waals surface area contributed by atoms with E-state index in [0.717, 1.165) is 5.69 Å². The number of nitrogens with zero attached hydrogens (tertiary/aromatic N) is 1. The first-order chi connectivity index (χ1) is 8.56. The Bertz CT molecular complexity index is 575. The van der Waals surface area contributed by atoms with Gasteiger partial charge in [-0.25, -0.2) is 4.98 Å². The highest BCUT2D eigenvalue weighted by atomic mass is 35.5. The maximum atomic E-state index is 9.79. The van der Waals surface area contributed by atoms with Gasteiger partial charge in [-0.3, -0.25) is 0 Å².